The van der Waals surface area contributed by atoms with E-state index < -0.39 is 0 Å². The molecular weight excluding hydrogens is 370 g/mol. The molecule has 0 saturated carbocycles. The Morgan fingerprint density at radius 3 is 2.23 bits per heavy atom. The molecule has 0 saturated heterocycles. The third-order valence-electron chi connectivity index (χ3n) is 4.02. The van der Waals surface area contributed by atoms with E-state index in [-0.39, 0.29) is 5.91 Å². The highest BCUT2D eigenvalue weighted by molar-refractivity contribution is 5.97. The Kier molecular flexibility index (Phi) is 13.2. The van der Waals surface area contributed by atoms with Gasteiger partial charge in [-0.1, -0.05) is 59.6 Å². The predicted molar refractivity (Wildman–Crippen MR) is 128 cm³/mol. The summed E-state index contributed by atoms with van der Waals surface area (Å²) in [7, 11) is 1.79. The Morgan fingerprint density at radius 2 is 1.63 bits per heavy atom. The second-order valence-electron chi connectivity index (χ2n) is 5.70. The smallest absolute Gasteiger partial charge is 0.254 e. The number of terminal acetylenes is 1. The van der Waals surface area contributed by atoms with Gasteiger partial charge in [-0.2, -0.15) is 0 Å². The number of rotatable bonds is 0. The highest BCUT2D eigenvalue weighted by atomic mass is 16.2. The zero-order valence-electron chi connectivity index (χ0n) is 19.7. The van der Waals surface area contributed by atoms with Crippen molar-refractivity contribution in [3.05, 3.63) is 71.3 Å². The number of carbonyl (C=O) groups excluding carboxylic acids is 1. The van der Waals surface area contributed by atoms with E-state index in [4.69, 9.17) is 6.42 Å². The highest BCUT2D eigenvalue weighted by Crippen LogP contribution is 2.20. The standard InChI is InChI=1S/C12H9N.C8H8N2O.3C2H6/c1-3-10-5-4-6-11-8-13-7-9(2)12(10)11;1-10-5-6-4-9-3-2-7(6)8(10)11;3*1-2/h1,4-8H,2H3;2-4H,5H2,1H3;3*1-2H3. The normalized spacial score (nSPS) is 10.5. The molecule has 3 heterocycles. The number of aryl methyl sites for hydroxylation is 1. The Balaban J connectivity index is 0.000000453. The van der Waals surface area contributed by atoms with Crippen LogP contribution in [0.3, 0.4) is 0 Å². The molecule has 160 valence electrons. The van der Waals surface area contributed by atoms with Crippen molar-refractivity contribution in [2.45, 2.75) is 55.0 Å². The lowest BCUT2D eigenvalue weighted by atomic mass is 10.0. The van der Waals surface area contributed by atoms with Crippen LogP contribution in [0.4, 0.5) is 0 Å². The van der Waals surface area contributed by atoms with E-state index >= 15 is 0 Å². The summed E-state index contributed by atoms with van der Waals surface area (Å²) in [4.78, 5) is 21.0. The largest absolute Gasteiger partial charge is 0.337 e. The number of pyridine rings is 2. The van der Waals surface area contributed by atoms with Gasteiger partial charge in [-0.25, -0.2) is 0 Å². The summed E-state index contributed by atoms with van der Waals surface area (Å²) in [6, 6.07) is 7.70. The molecule has 30 heavy (non-hydrogen) atoms. The van der Waals surface area contributed by atoms with Gasteiger partial charge in [-0.15, -0.1) is 6.42 Å². The monoisotopic (exact) mass is 405 g/mol. The maximum absolute atomic E-state index is 11.3. The number of fused-ring (bicyclic) bond motifs is 2. The van der Waals surface area contributed by atoms with Crippen molar-refractivity contribution in [3.63, 3.8) is 0 Å². The van der Waals surface area contributed by atoms with Crippen LogP contribution in [0.1, 0.15) is 68.6 Å². The third-order valence-corrected chi connectivity index (χ3v) is 4.02. The van der Waals surface area contributed by atoms with Crippen molar-refractivity contribution >= 4 is 16.7 Å². The van der Waals surface area contributed by atoms with Gasteiger partial charge in [0.25, 0.3) is 5.91 Å². The molecule has 2 aromatic heterocycles. The van der Waals surface area contributed by atoms with Gasteiger partial charge in [0.1, 0.15) is 0 Å². The van der Waals surface area contributed by atoms with Crippen LogP contribution < -0.4 is 0 Å². The lowest BCUT2D eigenvalue weighted by molar-refractivity contribution is 0.0816. The Bertz CT molecular complexity index is 953. The first-order chi connectivity index (χ1) is 14.6. The number of benzene rings is 1. The van der Waals surface area contributed by atoms with Crippen LogP contribution in [0.2, 0.25) is 0 Å². The summed E-state index contributed by atoms with van der Waals surface area (Å²) < 4.78 is 0. The molecule has 0 aliphatic carbocycles. The van der Waals surface area contributed by atoms with Gasteiger partial charge in [-0.3, -0.25) is 14.8 Å². The first kappa shape index (κ1) is 26.8. The molecule has 0 atom stereocenters. The lowest BCUT2D eigenvalue weighted by Crippen LogP contribution is -2.17. The number of hydrogen-bond donors (Lipinski definition) is 0. The summed E-state index contributed by atoms with van der Waals surface area (Å²) in [5.74, 6) is 2.78. The Labute approximate surface area is 182 Å². The highest BCUT2D eigenvalue weighted by Gasteiger charge is 2.23. The van der Waals surface area contributed by atoms with Crippen molar-refractivity contribution in [1.29, 1.82) is 0 Å². The molecule has 0 N–H and O–H groups in total. The van der Waals surface area contributed by atoms with Crippen molar-refractivity contribution in [2.75, 3.05) is 7.05 Å². The molecule has 0 bridgehead atoms. The summed E-state index contributed by atoms with van der Waals surface area (Å²) in [6.45, 7) is 14.7. The van der Waals surface area contributed by atoms with Gasteiger partial charge in [-0.05, 0) is 24.6 Å². The summed E-state index contributed by atoms with van der Waals surface area (Å²) >= 11 is 0. The fraction of sp³-hybridized carbons (Fsp3) is 0.346. The van der Waals surface area contributed by atoms with Gasteiger partial charge < -0.3 is 4.90 Å². The molecule has 1 aliphatic heterocycles. The van der Waals surface area contributed by atoms with Crippen LogP contribution in [0.25, 0.3) is 10.8 Å². The maximum atomic E-state index is 11.3. The number of aromatic nitrogens is 2. The predicted octanol–water partition coefficient (Wildman–Crippen LogP) is 6.27. The third kappa shape index (κ3) is 6.70. The van der Waals surface area contributed by atoms with Gasteiger partial charge in [0.2, 0.25) is 0 Å². The topological polar surface area (TPSA) is 46.1 Å². The lowest BCUT2D eigenvalue weighted by Gasteiger charge is -2.04. The van der Waals surface area contributed by atoms with E-state index in [2.05, 4.69) is 15.9 Å². The van der Waals surface area contributed by atoms with Gasteiger partial charge in [0.05, 0.1) is 0 Å². The number of hydrogen-bond acceptors (Lipinski definition) is 3. The van der Waals surface area contributed by atoms with E-state index in [0.717, 1.165) is 33.0 Å². The van der Waals surface area contributed by atoms with Gasteiger partial charge in [0, 0.05) is 65.8 Å². The fourth-order valence-electron chi connectivity index (χ4n) is 2.83. The number of amides is 1. The first-order valence-electron chi connectivity index (χ1n) is 10.6. The Morgan fingerprint density at radius 1 is 0.967 bits per heavy atom. The van der Waals surface area contributed by atoms with E-state index in [1.165, 1.54) is 0 Å². The van der Waals surface area contributed by atoms with Crippen LogP contribution in [-0.4, -0.2) is 27.8 Å². The second kappa shape index (κ2) is 14.8. The van der Waals surface area contributed by atoms with E-state index in [0.29, 0.717) is 6.54 Å². The average Bonchev–Trinajstić information content (AvgIpc) is 3.12. The van der Waals surface area contributed by atoms with Crippen LogP contribution in [0.15, 0.2) is 49.1 Å². The summed E-state index contributed by atoms with van der Waals surface area (Å²) in [5.41, 5.74) is 3.89. The average molecular weight is 406 g/mol. The molecule has 3 aromatic rings. The SMILES string of the molecule is C#Cc1cccc2cncc(C)c12.CC.CC.CC.CN1Cc2cnccc2C1=O. The Hall–Kier alpha value is -3.19. The molecule has 0 unspecified atom stereocenters. The van der Waals surface area contributed by atoms with E-state index in [1.807, 2.05) is 79.1 Å². The molecule has 4 heteroatoms. The molecule has 1 aliphatic rings. The van der Waals surface area contributed by atoms with Gasteiger partial charge >= 0.3 is 0 Å². The van der Waals surface area contributed by atoms with Crippen LogP contribution in [0, 0.1) is 19.3 Å². The molecule has 0 spiro atoms. The van der Waals surface area contributed by atoms with Crippen molar-refractivity contribution in [3.8, 4) is 12.3 Å². The molecule has 0 radical (unpaired) electrons. The molecule has 4 rings (SSSR count). The van der Waals surface area contributed by atoms with Crippen LogP contribution in [0.5, 0.6) is 0 Å². The number of nitrogens with zero attached hydrogens (tertiary/aromatic N) is 3. The molecule has 4 nitrogen and oxygen atoms in total. The fourth-order valence-corrected chi connectivity index (χ4v) is 2.83. The zero-order chi connectivity index (χ0) is 23.1. The second-order valence-corrected chi connectivity index (χ2v) is 5.70. The minimum absolute atomic E-state index is 0.0994. The minimum atomic E-state index is 0.0994. The van der Waals surface area contributed by atoms with Crippen molar-refractivity contribution in [2.24, 2.45) is 0 Å². The maximum Gasteiger partial charge on any atom is 0.254 e. The zero-order valence-corrected chi connectivity index (χ0v) is 19.7. The van der Waals surface area contributed by atoms with E-state index in [9.17, 15) is 4.79 Å². The van der Waals surface area contributed by atoms with E-state index in [1.54, 1.807) is 30.4 Å². The van der Waals surface area contributed by atoms with Crippen LogP contribution >= 0.6 is 0 Å². The van der Waals surface area contributed by atoms with Gasteiger partial charge in [0.15, 0.2) is 0 Å². The summed E-state index contributed by atoms with van der Waals surface area (Å²) in [6.07, 6.45) is 12.5. The van der Waals surface area contributed by atoms with Crippen LogP contribution in [-0.2, 0) is 6.54 Å². The van der Waals surface area contributed by atoms with Crippen molar-refractivity contribution in [1.82, 2.24) is 14.9 Å². The van der Waals surface area contributed by atoms with Crippen molar-refractivity contribution < 1.29 is 4.79 Å². The number of carbonyl (C=O) groups is 1. The molecule has 1 amide bonds. The quantitative estimate of drug-likeness (QED) is 0.414. The molecule has 1 aromatic carbocycles. The molecule has 0 fully saturated rings. The minimum Gasteiger partial charge on any atom is -0.337 e. The first-order valence-corrected chi connectivity index (χ1v) is 10.6. The molecular formula is C26H35N3O. The summed E-state index contributed by atoms with van der Waals surface area (Å²) in [5, 5.41) is 2.25.